The van der Waals surface area contributed by atoms with Gasteiger partial charge in [0.15, 0.2) is 6.61 Å². The van der Waals surface area contributed by atoms with Gasteiger partial charge in [-0.15, -0.1) is 0 Å². The van der Waals surface area contributed by atoms with Crippen molar-refractivity contribution >= 4 is 34.2 Å². The van der Waals surface area contributed by atoms with Crippen LogP contribution in [0.5, 0.6) is 0 Å². The van der Waals surface area contributed by atoms with Gasteiger partial charge in [-0.1, -0.05) is 12.1 Å². The minimum Gasteiger partial charge on any atom is -0.456 e. The number of rotatable bonds is 7. The van der Waals surface area contributed by atoms with E-state index >= 15 is 0 Å². The molecule has 0 aliphatic carbocycles. The van der Waals surface area contributed by atoms with E-state index in [1.165, 1.54) is 4.57 Å². The number of aryl methyl sites for hydroxylation is 1. The van der Waals surface area contributed by atoms with E-state index in [4.69, 9.17) is 4.74 Å². The monoisotopic (exact) mass is 408 g/mol. The Morgan fingerprint density at radius 1 is 1.10 bits per heavy atom. The highest BCUT2D eigenvalue weighted by atomic mass is 16.5. The average molecular weight is 408 g/mol. The zero-order chi connectivity index (χ0) is 21.7. The van der Waals surface area contributed by atoms with Gasteiger partial charge in [-0.05, 0) is 36.4 Å². The van der Waals surface area contributed by atoms with Gasteiger partial charge < -0.3 is 15.0 Å². The molecule has 0 fully saturated rings. The van der Waals surface area contributed by atoms with Gasteiger partial charge in [0.05, 0.1) is 17.3 Å². The van der Waals surface area contributed by atoms with Crippen molar-refractivity contribution in [1.29, 1.82) is 0 Å². The number of carbonyl (C=O) groups is 2. The first-order valence-electron chi connectivity index (χ1n) is 9.52. The van der Waals surface area contributed by atoms with Crippen LogP contribution in [0.4, 0.5) is 11.4 Å². The Hall–Kier alpha value is -3.68. The molecule has 0 aliphatic rings. The molecule has 3 aromatic rings. The van der Waals surface area contributed by atoms with Crippen LogP contribution in [0.1, 0.15) is 12.2 Å². The highest BCUT2D eigenvalue weighted by Gasteiger charge is 2.12. The first kappa shape index (κ1) is 21.0. The van der Waals surface area contributed by atoms with Crippen LogP contribution in [0.25, 0.3) is 10.9 Å². The van der Waals surface area contributed by atoms with Crippen LogP contribution in [-0.4, -0.2) is 42.1 Å². The van der Waals surface area contributed by atoms with Crippen molar-refractivity contribution in [2.45, 2.75) is 12.8 Å². The molecule has 156 valence electrons. The molecule has 0 atom stereocenters. The number of nitrogens with one attached hydrogen (secondary N) is 1. The Balaban J connectivity index is 1.51. The maximum Gasteiger partial charge on any atom is 0.306 e. The summed E-state index contributed by atoms with van der Waals surface area (Å²) in [6, 6.07) is 14.4. The normalized spacial score (nSPS) is 10.6. The van der Waals surface area contributed by atoms with Crippen LogP contribution < -0.4 is 15.8 Å². The third kappa shape index (κ3) is 5.02. The minimum absolute atomic E-state index is 0.0173. The van der Waals surface area contributed by atoms with Crippen molar-refractivity contribution in [3.63, 3.8) is 0 Å². The van der Waals surface area contributed by atoms with E-state index in [-0.39, 0.29) is 25.0 Å². The van der Waals surface area contributed by atoms with Crippen molar-refractivity contribution in [2.75, 3.05) is 30.9 Å². The maximum absolute atomic E-state index is 12.4. The van der Waals surface area contributed by atoms with Crippen molar-refractivity contribution < 1.29 is 14.3 Å². The number of para-hydroxylation sites is 1. The van der Waals surface area contributed by atoms with Crippen LogP contribution in [0.3, 0.4) is 0 Å². The van der Waals surface area contributed by atoms with E-state index in [2.05, 4.69) is 10.3 Å². The molecule has 1 N–H and O–H groups in total. The fraction of sp³-hybridized carbons (Fsp3) is 0.273. The molecule has 3 rings (SSSR count). The molecule has 0 unspecified atom stereocenters. The lowest BCUT2D eigenvalue weighted by atomic mass is 10.2. The fourth-order valence-electron chi connectivity index (χ4n) is 2.96. The molecule has 8 heteroatoms. The molecule has 0 bridgehead atoms. The van der Waals surface area contributed by atoms with Crippen LogP contribution in [0.2, 0.25) is 0 Å². The molecule has 0 spiro atoms. The van der Waals surface area contributed by atoms with E-state index < -0.39 is 11.9 Å². The number of hydrogen-bond donors (Lipinski definition) is 1. The lowest BCUT2D eigenvalue weighted by molar-refractivity contribution is -0.147. The third-order valence-corrected chi connectivity index (χ3v) is 4.66. The Bertz CT molecular complexity index is 1120. The quantitative estimate of drug-likeness (QED) is 0.602. The van der Waals surface area contributed by atoms with Crippen LogP contribution in [0, 0.1) is 0 Å². The second kappa shape index (κ2) is 9.21. The van der Waals surface area contributed by atoms with E-state index in [9.17, 15) is 14.4 Å². The van der Waals surface area contributed by atoms with Gasteiger partial charge in [-0.2, -0.15) is 0 Å². The Labute approximate surface area is 174 Å². The van der Waals surface area contributed by atoms with E-state index in [0.717, 1.165) is 5.69 Å². The number of aromatic nitrogens is 2. The number of hydrogen-bond acceptors (Lipinski definition) is 6. The molecule has 1 amide bonds. The molecule has 0 saturated heterocycles. The number of nitrogens with zero attached hydrogens (tertiary/aromatic N) is 3. The lowest BCUT2D eigenvalue weighted by Crippen LogP contribution is -2.24. The molecule has 8 nitrogen and oxygen atoms in total. The smallest absolute Gasteiger partial charge is 0.306 e. The summed E-state index contributed by atoms with van der Waals surface area (Å²) >= 11 is 0. The number of carbonyl (C=O) groups excluding carboxylic acids is 2. The largest absolute Gasteiger partial charge is 0.456 e. The summed E-state index contributed by atoms with van der Waals surface area (Å²) in [5.41, 5.74) is 2.06. The van der Waals surface area contributed by atoms with Gasteiger partial charge in [-0.3, -0.25) is 19.0 Å². The summed E-state index contributed by atoms with van der Waals surface area (Å²) < 4.78 is 6.47. The summed E-state index contributed by atoms with van der Waals surface area (Å²) in [7, 11) is 5.48. The first-order valence-corrected chi connectivity index (χ1v) is 9.52. The molecule has 1 aromatic heterocycles. The topological polar surface area (TPSA) is 93.5 Å². The standard InChI is InChI=1S/C22H24N4O4/c1-25(2)16-10-8-15(9-11-16)23-20(27)14-30-21(28)13-12-19-24-18-7-5-4-6-17(18)22(29)26(19)3/h4-11H,12-14H2,1-3H3,(H,23,27). The van der Waals surface area contributed by atoms with Crippen molar-refractivity contribution in [3.05, 3.63) is 64.7 Å². The van der Waals surface area contributed by atoms with Gasteiger partial charge >= 0.3 is 5.97 Å². The predicted molar refractivity (Wildman–Crippen MR) is 116 cm³/mol. The number of amides is 1. The minimum atomic E-state index is -0.532. The van der Waals surface area contributed by atoms with Crippen molar-refractivity contribution in [3.8, 4) is 0 Å². The van der Waals surface area contributed by atoms with E-state index in [1.807, 2.05) is 31.1 Å². The maximum atomic E-state index is 12.4. The Morgan fingerprint density at radius 3 is 2.50 bits per heavy atom. The van der Waals surface area contributed by atoms with Crippen molar-refractivity contribution in [1.82, 2.24) is 9.55 Å². The highest BCUT2D eigenvalue weighted by Crippen LogP contribution is 2.15. The predicted octanol–water partition coefficient (Wildman–Crippen LogP) is 2.11. The number of fused-ring (bicyclic) bond motifs is 1. The first-order chi connectivity index (χ1) is 14.3. The van der Waals surface area contributed by atoms with Crippen LogP contribution >= 0.6 is 0 Å². The fourth-order valence-corrected chi connectivity index (χ4v) is 2.96. The van der Waals surface area contributed by atoms with E-state index in [0.29, 0.717) is 22.4 Å². The molecule has 0 aliphatic heterocycles. The zero-order valence-electron chi connectivity index (χ0n) is 17.2. The van der Waals surface area contributed by atoms with Gasteiger partial charge in [0, 0.05) is 38.9 Å². The second-order valence-corrected chi connectivity index (χ2v) is 7.06. The second-order valence-electron chi connectivity index (χ2n) is 7.06. The third-order valence-electron chi connectivity index (χ3n) is 4.66. The number of ether oxygens (including phenoxy) is 1. The number of esters is 1. The summed E-state index contributed by atoms with van der Waals surface area (Å²) in [5.74, 6) is -0.464. The van der Waals surface area contributed by atoms with Crippen LogP contribution in [0.15, 0.2) is 53.3 Å². The molecule has 0 saturated carbocycles. The van der Waals surface area contributed by atoms with Gasteiger partial charge in [0.1, 0.15) is 5.82 Å². The lowest BCUT2D eigenvalue weighted by Gasteiger charge is -2.13. The Kier molecular flexibility index (Phi) is 6.46. The van der Waals surface area contributed by atoms with Crippen LogP contribution in [-0.2, 0) is 27.8 Å². The summed E-state index contributed by atoms with van der Waals surface area (Å²) in [6.07, 6.45) is 0.256. The van der Waals surface area contributed by atoms with Gasteiger partial charge in [-0.25, -0.2) is 4.98 Å². The molecule has 1 heterocycles. The average Bonchev–Trinajstić information content (AvgIpc) is 2.74. The molecule has 2 aromatic carbocycles. The Morgan fingerprint density at radius 2 is 1.80 bits per heavy atom. The molecular formula is C22H24N4O4. The highest BCUT2D eigenvalue weighted by molar-refractivity contribution is 5.93. The van der Waals surface area contributed by atoms with Gasteiger partial charge in [0.2, 0.25) is 0 Å². The summed E-state index contributed by atoms with van der Waals surface area (Å²) in [5, 5.41) is 3.21. The van der Waals surface area contributed by atoms with Gasteiger partial charge in [0.25, 0.3) is 11.5 Å². The van der Waals surface area contributed by atoms with E-state index in [1.54, 1.807) is 43.4 Å². The summed E-state index contributed by atoms with van der Waals surface area (Å²) in [6.45, 7) is -0.377. The SMILES string of the molecule is CN(C)c1ccc(NC(=O)COC(=O)CCc2nc3ccccc3c(=O)n2C)cc1. The number of benzene rings is 2. The molecular weight excluding hydrogens is 384 g/mol. The summed E-state index contributed by atoms with van der Waals surface area (Å²) in [4.78, 5) is 42.8. The zero-order valence-corrected chi connectivity index (χ0v) is 17.2. The van der Waals surface area contributed by atoms with Crippen molar-refractivity contribution in [2.24, 2.45) is 7.05 Å². The molecule has 0 radical (unpaired) electrons. The molecule has 30 heavy (non-hydrogen) atoms. The number of anilines is 2.